The van der Waals surface area contributed by atoms with Gasteiger partial charge < -0.3 is 4.52 Å². The zero-order valence-corrected chi connectivity index (χ0v) is 10.8. The fourth-order valence-corrected chi connectivity index (χ4v) is 2.13. The van der Waals surface area contributed by atoms with Crippen LogP contribution in [-0.4, -0.2) is 14.7 Å². The van der Waals surface area contributed by atoms with E-state index in [4.69, 9.17) is 10.9 Å². The molecule has 1 aromatic carbocycles. The summed E-state index contributed by atoms with van der Waals surface area (Å²) in [5, 5.41) is 3.94. The Bertz CT molecular complexity index is 870. The molecule has 3 aromatic rings. The number of aryl methyl sites for hydroxylation is 1. The lowest BCUT2D eigenvalue weighted by molar-refractivity contribution is 0.444. The predicted octanol–water partition coefficient (Wildman–Crippen LogP) is 1.92. The van der Waals surface area contributed by atoms with Crippen LogP contribution in [0.25, 0.3) is 16.8 Å². The standard InChI is InChI=1S/C15H11N3O2/c1-3-11-13-14(20-17-11)16-12(4-2)18(15(13)19)10-8-6-5-7-9-10/h1,5-9H,4H2,2H3. The lowest BCUT2D eigenvalue weighted by Crippen LogP contribution is -2.23. The first-order valence-corrected chi connectivity index (χ1v) is 6.19. The molecule has 0 aliphatic carbocycles. The minimum Gasteiger partial charge on any atom is -0.334 e. The second-order valence-electron chi connectivity index (χ2n) is 4.21. The van der Waals surface area contributed by atoms with Crippen molar-refractivity contribution in [1.29, 1.82) is 0 Å². The van der Waals surface area contributed by atoms with Gasteiger partial charge in [0.15, 0.2) is 5.69 Å². The number of fused-ring (bicyclic) bond motifs is 1. The molecule has 2 heterocycles. The minimum absolute atomic E-state index is 0.185. The molecule has 20 heavy (non-hydrogen) atoms. The SMILES string of the molecule is C#Cc1noc2nc(CC)n(-c3ccccc3)c(=O)c12. The molecule has 0 N–H and O–H groups in total. The van der Waals surface area contributed by atoms with E-state index >= 15 is 0 Å². The van der Waals surface area contributed by atoms with E-state index in [1.54, 1.807) is 4.57 Å². The number of terminal acetylenes is 1. The molecule has 2 aromatic heterocycles. The maximum atomic E-state index is 12.7. The van der Waals surface area contributed by atoms with E-state index < -0.39 is 0 Å². The Morgan fingerprint density at radius 3 is 2.75 bits per heavy atom. The average Bonchev–Trinajstić information content (AvgIpc) is 2.91. The lowest BCUT2D eigenvalue weighted by atomic mass is 10.2. The van der Waals surface area contributed by atoms with E-state index in [0.717, 1.165) is 5.69 Å². The van der Waals surface area contributed by atoms with Crippen molar-refractivity contribution in [3.63, 3.8) is 0 Å². The summed E-state index contributed by atoms with van der Waals surface area (Å²) in [7, 11) is 0. The molecule has 0 spiro atoms. The van der Waals surface area contributed by atoms with Gasteiger partial charge in [0.2, 0.25) is 0 Å². The summed E-state index contributed by atoms with van der Waals surface area (Å²) in [5.41, 5.74) is 0.858. The number of hydrogen-bond donors (Lipinski definition) is 0. The third-order valence-corrected chi connectivity index (χ3v) is 3.05. The van der Waals surface area contributed by atoms with Crippen molar-refractivity contribution < 1.29 is 4.52 Å². The Labute approximate surface area is 114 Å². The summed E-state index contributed by atoms with van der Waals surface area (Å²) in [5.74, 6) is 2.95. The van der Waals surface area contributed by atoms with E-state index in [2.05, 4.69) is 16.1 Å². The second kappa shape index (κ2) is 4.67. The number of aromatic nitrogens is 3. The van der Waals surface area contributed by atoms with E-state index in [-0.39, 0.29) is 22.4 Å². The Morgan fingerprint density at radius 2 is 2.10 bits per heavy atom. The highest BCUT2D eigenvalue weighted by molar-refractivity contribution is 5.78. The number of hydrogen-bond acceptors (Lipinski definition) is 4. The van der Waals surface area contributed by atoms with Crippen LogP contribution in [-0.2, 0) is 6.42 Å². The Kier molecular flexibility index (Phi) is 2.84. The molecule has 0 unspecified atom stereocenters. The van der Waals surface area contributed by atoms with Gasteiger partial charge in [-0.3, -0.25) is 9.36 Å². The quantitative estimate of drug-likeness (QED) is 0.664. The fraction of sp³-hybridized carbons (Fsp3) is 0.133. The molecule has 0 bridgehead atoms. The van der Waals surface area contributed by atoms with Crippen LogP contribution in [0.15, 0.2) is 39.6 Å². The second-order valence-corrected chi connectivity index (χ2v) is 4.21. The number of rotatable bonds is 2. The van der Waals surface area contributed by atoms with Gasteiger partial charge in [-0.25, -0.2) is 0 Å². The van der Waals surface area contributed by atoms with Crippen LogP contribution in [0.1, 0.15) is 18.4 Å². The van der Waals surface area contributed by atoms with Crippen LogP contribution in [0, 0.1) is 12.3 Å². The van der Waals surface area contributed by atoms with Gasteiger partial charge in [0.1, 0.15) is 11.2 Å². The van der Waals surface area contributed by atoms with Gasteiger partial charge in [-0.2, -0.15) is 4.98 Å². The molecule has 98 valence electrons. The summed E-state index contributed by atoms with van der Waals surface area (Å²) in [4.78, 5) is 17.0. The van der Waals surface area contributed by atoms with E-state index in [1.165, 1.54) is 0 Å². The highest BCUT2D eigenvalue weighted by Gasteiger charge is 2.18. The molecule has 3 rings (SSSR count). The summed E-state index contributed by atoms with van der Waals surface area (Å²) in [6, 6.07) is 9.30. The summed E-state index contributed by atoms with van der Waals surface area (Å²) < 4.78 is 6.58. The first kappa shape index (κ1) is 12.2. The first-order chi connectivity index (χ1) is 9.76. The third-order valence-electron chi connectivity index (χ3n) is 3.05. The van der Waals surface area contributed by atoms with Gasteiger partial charge in [0.05, 0.1) is 5.69 Å². The fourth-order valence-electron chi connectivity index (χ4n) is 2.13. The van der Waals surface area contributed by atoms with Crippen molar-refractivity contribution in [2.24, 2.45) is 0 Å². The summed E-state index contributed by atoms with van der Waals surface area (Å²) in [6.45, 7) is 1.92. The molecule has 0 aliphatic heterocycles. The monoisotopic (exact) mass is 265 g/mol. The Morgan fingerprint density at radius 1 is 1.35 bits per heavy atom. The topological polar surface area (TPSA) is 60.9 Å². The van der Waals surface area contributed by atoms with Crippen LogP contribution in [0.4, 0.5) is 0 Å². The Balaban J connectivity index is 2.44. The molecule has 0 saturated heterocycles. The largest absolute Gasteiger partial charge is 0.334 e. The smallest absolute Gasteiger partial charge is 0.272 e. The van der Waals surface area contributed by atoms with Crippen LogP contribution in [0.5, 0.6) is 0 Å². The van der Waals surface area contributed by atoms with Gasteiger partial charge in [-0.05, 0) is 18.1 Å². The summed E-state index contributed by atoms with van der Waals surface area (Å²) in [6.07, 6.45) is 5.93. The minimum atomic E-state index is -0.257. The van der Waals surface area contributed by atoms with Crippen molar-refractivity contribution in [2.75, 3.05) is 0 Å². The zero-order chi connectivity index (χ0) is 14.1. The molecule has 0 amide bonds. The van der Waals surface area contributed by atoms with Crippen molar-refractivity contribution in [3.8, 4) is 18.0 Å². The van der Waals surface area contributed by atoms with Gasteiger partial charge in [-0.1, -0.05) is 30.3 Å². The zero-order valence-electron chi connectivity index (χ0n) is 10.8. The van der Waals surface area contributed by atoms with Crippen molar-refractivity contribution in [3.05, 3.63) is 52.2 Å². The van der Waals surface area contributed by atoms with Gasteiger partial charge >= 0.3 is 0 Å². The normalized spacial score (nSPS) is 10.6. The molecule has 0 saturated carbocycles. The van der Waals surface area contributed by atoms with Gasteiger partial charge in [-0.15, -0.1) is 6.42 Å². The highest BCUT2D eigenvalue weighted by Crippen LogP contribution is 2.15. The molecule has 0 atom stereocenters. The van der Waals surface area contributed by atoms with E-state index in [1.807, 2.05) is 37.3 Å². The maximum Gasteiger partial charge on any atom is 0.272 e. The number of benzene rings is 1. The van der Waals surface area contributed by atoms with Crippen LogP contribution < -0.4 is 5.56 Å². The molecule has 0 radical (unpaired) electrons. The van der Waals surface area contributed by atoms with Gasteiger partial charge in [0.25, 0.3) is 11.3 Å². The molecular formula is C15H11N3O2. The average molecular weight is 265 g/mol. The molecule has 5 heteroatoms. The van der Waals surface area contributed by atoms with Crippen LogP contribution in [0.2, 0.25) is 0 Å². The van der Waals surface area contributed by atoms with Crippen molar-refractivity contribution >= 4 is 11.1 Å². The van der Waals surface area contributed by atoms with E-state index in [9.17, 15) is 4.79 Å². The molecule has 0 aliphatic rings. The summed E-state index contributed by atoms with van der Waals surface area (Å²) >= 11 is 0. The van der Waals surface area contributed by atoms with Crippen molar-refractivity contribution in [2.45, 2.75) is 13.3 Å². The van der Waals surface area contributed by atoms with Gasteiger partial charge in [0, 0.05) is 6.42 Å². The highest BCUT2D eigenvalue weighted by atomic mass is 16.5. The van der Waals surface area contributed by atoms with E-state index in [0.29, 0.717) is 12.2 Å². The van der Waals surface area contributed by atoms with Crippen LogP contribution >= 0.6 is 0 Å². The lowest BCUT2D eigenvalue weighted by Gasteiger charge is -2.10. The maximum absolute atomic E-state index is 12.7. The third kappa shape index (κ3) is 1.70. The predicted molar refractivity (Wildman–Crippen MR) is 74.7 cm³/mol. The first-order valence-electron chi connectivity index (χ1n) is 6.19. The van der Waals surface area contributed by atoms with Crippen LogP contribution in [0.3, 0.4) is 0 Å². The Hall–Kier alpha value is -2.87. The van der Waals surface area contributed by atoms with Crippen molar-refractivity contribution in [1.82, 2.24) is 14.7 Å². The molecule has 5 nitrogen and oxygen atoms in total. The number of para-hydroxylation sites is 1. The molecule has 0 fully saturated rings. The molecular weight excluding hydrogens is 254 g/mol. The number of nitrogens with zero attached hydrogens (tertiary/aromatic N) is 3.